The van der Waals surface area contributed by atoms with Gasteiger partial charge in [-0.2, -0.15) is 0 Å². The topological polar surface area (TPSA) is 43.9 Å². The molecule has 0 aliphatic heterocycles. The van der Waals surface area contributed by atoms with Gasteiger partial charge in [0, 0.05) is 43.9 Å². The lowest BCUT2D eigenvalue weighted by atomic mass is 10.00. The molecule has 0 unspecified atom stereocenters. The van der Waals surface area contributed by atoms with Gasteiger partial charge in [0.05, 0.1) is 22.4 Å². The molecule has 0 saturated carbocycles. The van der Waals surface area contributed by atoms with Gasteiger partial charge in [0.25, 0.3) is 0 Å². The minimum atomic E-state index is 0.695. The highest BCUT2D eigenvalue weighted by Crippen LogP contribution is 2.36. The van der Waals surface area contributed by atoms with Gasteiger partial charge in [-0.15, -0.1) is 0 Å². The highest BCUT2D eigenvalue weighted by Gasteiger charge is 2.15. The van der Waals surface area contributed by atoms with Gasteiger partial charge in [0.1, 0.15) is 11.2 Å². The summed E-state index contributed by atoms with van der Waals surface area (Å²) in [5.74, 6) is 0.695. The predicted octanol–water partition coefficient (Wildman–Crippen LogP) is 13.3. The Labute approximate surface area is 311 Å². The minimum absolute atomic E-state index is 0.695. The Kier molecular flexibility index (Phi) is 6.82. The van der Waals surface area contributed by atoms with Crippen molar-refractivity contribution < 1.29 is 4.42 Å². The molecule has 4 nitrogen and oxygen atoms in total. The Bertz CT molecular complexity index is 3150. The summed E-state index contributed by atoms with van der Waals surface area (Å²) in [6.07, 6.45) is 0. The number of para-hydroxylation sites is 3. The average molecular weight is 690 g/mol. The van der Waals surface area contributed by atoms with Gasteiger partial charge in [-0.1, -0.05) is 133 Å². The van der Waals surface area contributed by atoms with E-state index in [0.717, 1.165) is 72.2 Å². The number of hydrogen-bond donors (Lipinski definition) is 0. The van der Waals surface area contributed by atoms with E-state index in [2.05, 4.69) is 180 Å². The minimum Gasteiger partial charge on any atom is -0.456 e. The van der Waals surface area contributed by atoms with Crippen LogP contribution in [-0.2, 0) is 0 Å². The van der Waals surface area contributed by atoms with Crippen LogP contribution in [0.25, 0.3) is 105 Å². The molecular weight excluding hydrogens is 659 g/mol. The van der Waals surface area contributed by atoms with Gasteiger partial charge in [0.15, 0.2) is 5.82 Å². The normalized spacial score (nSPS) is 11.7. The van der Waals surface area contributed by atoms with Gasteiger partial charge in [-0.3, -0.25) is 0 Å². The zero-order valence-electron chi connectivity index (χ0n) is 29.1. The van der Waals surface area contributed by atoms with E-state index in [4.69, 9.17) is 14.4 Å². The predicted molar refractivity (Wildman–Crippen MR) is 223 cm³/mol. The lowest BCUT2D eigenvalue weighted by molar-refractivity contribution is 0.669. The summed E-state index contributed by atoms with van der Waals surface area (Å²) in [5, 5.41) is 7.10. The average Bonchev–Trinajstić information content (AvgIpc) is 3.79. The summed E-state index contributed by atoms with van der Waals surface area (Å²) in [6.45, 7) is 0. The van der Waals surface area contributed by atoms with Crippen LogP contribution >= 0.6 is 0 Å². The zero-order valence-corrected chi connectivity index (χ0v) is 29.1. The van der Waals surface area contributed by atoms with E-state index in [9.17, 15) is 0 Å². The molecule has 8 aromatic carbocycles. The second-order valence-corrected chi connectivity index (χ2v) is 13.8. The van der Waals surface area contributed by atoms with Crippen LogP contribution < -0.4 is 0 Å². The van der Waals surface area contributed by atoms with Crippen molar-refractivity contribution in [1.29, 1.82) is 0 Å². The number of fused-ring (bicyclic) bond motifs is 7. The molecule has 54 heavy (non-hydrogen) atoms. The van der Waals surface area contributed by atoms with Crippen molar-refractivity contribution in [3.8, 4) is 50.7 Å². The molecule has 3 heterocycles. The molecule has 0 spiro atoms. The van der Waals surface area contributed by atoms with Crippen LogP contribution in [-0.4, -0.2) is 14.5 Å². The van der Waals surface area contributed by atoms with Crippen LogP contribution in [0, 0.1) is 0 Å². The van der Waals surface area contributed by atoms with E-state index in [1.165, 1.54) is 27.2 Å². The third-order valence-electron chi connectivity index (χ3n) is 10.6. The maximum atomic E-state index is 6.08. The summed E-state index contributed by atoms with van der Waals surface area (Å²) in [5.41, 5.74) is 12.4. The van der Waals surface area contributed by atoms with Gasteiger partial charge < -0.3 is 8.98 Å². The first-order valence-electron chi connectivity index (χ1n) is 18.2. The molecule has 4 heteroatoms. The van der Waals surface area contributed by atoms with Crippen molar-refractivity contribution in [3.05, 3.63) is 188 Å². The van der Waals surface area contributed by atoms with Crippen molar-refractivity contribution in [2.24, 2.45) is 0 Å². The first-order chi connectivity index (χ1) is 26.7. The van der Waals surface area contributed by atoms with Crippen LogP contribution in [0.1, 0.15) is 0 Å². The van der Waals surface area contributed by atoms with Crippen LogP contribution in [0.2, 0.25) is 0 Å². The molecule has 0 aliphatic rings. The molecular formula is C50H31N3O. The molecule has 11 rings (SSSR count). The largest absolute Gasteiger partial charge is 0.456 e. The number of benzene rings is 8. The summed E-state index contributed by atoms with van der Waals surface area (Å²) >= 11 is 0. The highest BCUT2D eigenvalue weighted by atomic mass is 16.3. The van der Waals surface area contributed by atoms with E-state index >= 15 is 0 Å². The van der Waals surface area contributed by atoms with Crippen LogP contribution in [0.15, 0.2) is 192 Å². The summed E-state index contributed by atoms with van der Waals surface area (Å²) in [4.78, 5) is 10.4. The second kappa shape index (κ2) is 12.1. The number of hydrogen-bond acceptors (Lipinski definition) is 3. The molecule has 0 bridgehead atoms. The van der Waals surface area contributed by atoms with Crippen molar-refractivity contribution in [2.45, 2.75) is 0 Å². The van der Waals surface area contributed by atoms with Crippen LogP contribution in [0.5, 0.6) is 0 Å². The lowest BCUT2D eigenvalue weighted by Crippen LogP contribution is -1.97. The quantitative estimate of drug-likeness (QED) is 0.181. The zero-order chi connectivity index (χ0) is 35.6. The van der Waals surface area contributed by atoms with Gasteiger partial charge in [0.2, 0.25) is 0 Å². The number of furan rings is 1. The molecule has 0 radical (unpaired) electrons. The number of aromatic nitrogens is 3. The van der Waals surface area contributed by atoms with E-state index in [1.54, 1.807) is 0 Å². The van der Waals surface area contributed by atoms with Crippen molar-refractivity contribution in [2.75, 3.05) is 0 Å². The van der Waals surface area contributed by atoms with Crippen molar-refractivity contribution >= 4 is 54.5 Å². The Hall–Kier alpha value is -7.30. The highest BCUT2D eigenvalue weighted by molar-refractivity contribution is 6.09. The Morgan fingerprint density at radius 1 is 0.352 bits per heavy atom. The van der Waals surface area contributed by atoms with Gasteiger partial charge in [-0.25, -0.2) is 9.97 Å². The molecule has 3 aromatic heterocycles. The molecule has 0 saturated heterocycles. The number of rotatable bonds is 5. The maximum absolute atomic E-state index is 6.08. The molecule has 0 aliphatic carbocycles. The Balaban J connectivity index is 1.01. The fraction of sp³-hybridized carbons (Fsp3) is 0. The van der Waals surface area contributed by atoms with Gasteiger partial charge >= 0.3 is 0 Å². The first kappa shape index (κ1) is 30.3. The Morgan fingerprint density at radius 3 is 1.61 bits per heavy atom. The second-order valence-electron chi connectivity index (χ2n) is 13.8. The molecule has 11 aromatic rings. The first-order valence-corrected chi connectivity index (χ1v) is 18.2. The maximum Gasteiger partial charge on any atom is 0.160 e. The fourth-order valence-electron chi connectivity index (χ4n) is 7.92. The molecule has 0 fully saturated rings. The molecule has 0 atom stereocenters. The smallest absolute Gasteiger partial charge is 0.160 e. The fourth-order valence-corrected chi connectivity index (χ4v) is 7.92. The third-order valence-corrected chi connectivity index (χ3v) is 10.6. The number of nitrogens with zero attached hydrogens (tertiary/aromatic N) is 3. The van der Waals surface area contributed by atoms with E-state index in [0.29, 0.717) is 5.82 Å². The SMILES string of the molecule is c1ccc2cc(-c3nc(-c4ccc(-c5ccc6oc7ccccc7c6c5)cc4)cc(-c4ccc(-n5c6ccccc6c6ccccc65)cc4)n3)ccc2c1. The Morgan fingerprint density at radius 2 is 0.889 bits per heavy atom. The molecule has 252 valence electrons. The van der Waals surface area contributed by atoms with E-state index in [-0.39, 0.29) is 0 Å². The summed E-state index contributed by atoms with van der Waals surface area (Å²) in [6, 6.07) is 66.2. The van der Waals surface area contributed by atoms with Crippen LogP contribution in [0.4, 0.5) is 0 Å². The molecule has 0 N–H and O–H groups in total. The van der Waals surface area contributed by atoms with Gasteiger partial charge in [-0.05, 0) is 76.5 Å². The van der Waals surface area contributed by atoms with Crippen molar-refractivity contribution in [1.82, 2.24) is 14.5 Å². The molecule has 0 amide bonds. The van der Waals surface area contributed by atoms with E-state index < -0.39 is 0 Å². The van der Waals surface area contributed by atoms with E-state index in [1.807, 2.05) is 12.1 Å². The standard InChI is InChI=1S/C50H31N3O/c1-2-10-36-29-38(22-19-32(36)9-1)50-51-44(34-20-17-33(18-21-34)37-25-28-49-43(30-37)42-13-5-8-16-48(42)54-49)31-45(52-50)35-23-26-39(27-24-35)53-46-14-6-3-11-40(46)41-12-4-7-15-47(41)53/h1-31H. The summed E-state index contributed by atoms with van der Waals surface area (Å²) in [7, 11) is 0. The summed E-state index contributed by atoms with van der Waals surface area (Å²) < 4.78 is 8.43. The third kappa shape index (κ3) is 5.00. The monoisotopic (exact) mass is 689 g/mol. The van der Waals surface area contributed by atoms with Crippen LogP contribution in [0.3, 0.4) is 0 Å². The van der Waals surface area contributed by atoms with Crippen molar-refractivity contribution in [3.63, 3.8) is 0 Å². The lowest BCUT2D eigenvalue weighted by Gasteiger charge is -2.12.